The van der Waals surface area contributed by atoms with Crippen LogP contribution in [0.2, 0.25) is 0 Å². The van der Waals surface area contributed by atoms with Gasteiger partial charge >= 0.3 is 0 Å². The summed E-state index contributed by atoms with van der Waals surface area (Å²) in [6, 6.07) is 13.8. The Hall–Kier alpha value is -3.15. The molecule has 2 aromatic carbocycles. The van der Waals surface area contributed by atoms with Crippen LogP contribution in [0.4, 0.5) is 11.4 Å². The maximum Gasteiger partial charge on any atom is 0.257 e. The van der Waals surface area contributed by atoms with Crippen molar-refractivity contribution in [2.24, 2.45) is 17.8 Å². The second-order valence-corrected chi connectivity index (χ2v) is 7.85. The zero-order valence-electron chi connectivity index (χ0n) is 16.6. The third-order valence-corrected chi connectivity index (χ3v) is 5.90. The van der Waals surface area contributed by atoms with E-state index in [4.69, 9.17) is 4.74 Å². The Morgan fingerprint density at radius 1 is 1.03 bits per heavy atom. The van der Waals surface area contributed by atoms with E-state index in [1.165, 1.54) is 4.90 Å². The molecule has 3 atom stereocenters. The topological polar surface area (TPSA) is 75.7 Å². The quantitative estimate of drug-likeness (QED) is 0.802. The van der Waals surface area contributed by atoms with Crippen LogP contribution in [0.3, 0.4) is 0 Å². The Bertz CT molecular complexity index is 971. The number of hydrogen-bond donors (Lipinski definition) is 1. The zero-order valence-corrected chi connectivity index (χ0v) is 16.6. The van der Waals surface area contributed by atoms with Crippen LogP contribution in [0.25, 0.3) is 0 Å². The van der Waals surface area contributed by atoms with Gasteiger partial charge in [0.25, 0.3) is 5.91 Å². The minimum atomic E-state index is -0.377. The van der Waals surface area contributed by atoms with E-state index in [1.807, 2.05) is 0 Å². The second-order valence-electron chi connectivity index (χ2n) is 7.85. The number of rotatable bonds is 4. The van der Waals surface area contributed by atoms with Crippen molar-refractivity contribution in [3.05, 3.63) is 54.1 Å². The smallest absolute Gasteiger partial charge is 0.257 e. The Labute approximate surface area is 169 Å². The number of nitrogens with one attached hydrogen (secondary N) is 1. The summed E-state index contributed by atoms with van der Waals surface area (Å²) in [5.74, 6) is -0.243. The van der Waals surface area contributed by atoms with E-state index in [9.17, 15) is 14.4 Å². The molecule has 29 heavy (non-hydrogen) atoms. The standard InChI is InChI=1S/C23H24N2O4/c1-14-10-11-17-19(12-14)23(28)25(22(17)27)20-9-4-3-8-18(20)21(26)24-15-6-5-7-16(13-15)29-2/h3-9,13-14,17,19H,10-12H2,1-2H3,(H,24,26)/t14-,17+,19-/m1/s1. The number of imide groups is 1. The number of para-hydroxylation sites is 1. The third kappa shape index (κ3) is 3.50. The highest BCUT2D eigenvalue weighted by Crippen LogP contribution is 2.42. The van der Waals surface area contributed by atoms with Gasteiger partial charge in [0.1, 0.15) is 5.75 Å². The maximum absolute atomic E-state index is 13.1. The zero-order chi connectivity index (χ0) is 20.5. The van der Waals surface area contributed by atoms with Crippen molar-refractivity contribution in [2.75, 3.05) is 17.3 Å². The van der Waals surface area contributed by atoms with E-state index < -0.39 is 0 Å². The largest absolute Gasteiger partial charge is 0.497 e. The minimum Gasteiger partial charge on any atom is -0.497 e. The van der Waals surface area contributed by atoms with Crippen molar-refractivity contribution in [2.45, 2.75) is 26.2 Å². The first-order chi connectivity index (χ1) is 14.0. The van der Waals surface area contributed by atoms with Gasteiger partial charge in [-0.2, -0.15) is 0 Å². The van der Waals surface area contributed by atoms with Gasteiger partial charge < -0.3 is 10.1 Å². The SMILES string of the molecule is COc1cccc(NC(=O)c2ccccc2N2C(=O)[C@H]3CC[C@@H](C)C[C@H]3C2=O)c1. The molecule has 150 valence electrons. The van der Waals surface area contributed by atoms with Crippen molar-refractivity contribution in [3.8, 4) is 5.75 Å². The molecule has 6 heteroatoms. The first kappa shape index (κ1) is 19.2. The number of nitrogens with zero attached hydrogens (tertiary/aromatic N) is 1. The first-order valence-electron chi connectivity index (χ1n) is 9.92. The van der Waals surface area contributed by atoms with Gasteiger partial charge in [0, 0.05) is 11.8 Å². The molecule has 0 unspecified atom stereocenters. The number of carbonyl (C=O) groups excluding carboxylic acids is 3. The van der Waals surface area contributed by atoms with Gasteiger partial charge in [-0.3, -0.25) is 14.4 Å². The van der Waals surface area contributed by atoms with Crippen LogP contribution in [0.1, 0.15) is 36.5 Å². The molecule has 0 spiro atoms. The van der Waals surface area contributed by atoms with Gasteiger partial charge in [-0.15, -0.1) is 0 Å². The number of anilines is 2. The predicted octanol–water partition coefficient (Wildman–Crippen LogP) is 3.87. The van der Waals surface area contributed by atoms with Crippen LogP contribution in [-0.4, -0.2) is 24.8 Å². The molecule has 1 aliphatic carbocycles. The van der Waals surface area contributed by atoms with E-state index in [2.05, 4.69) is 12.2 Å². The van der Waals surface area contributed by atoms with Gasteiger partial charge in [0.15, 0.2) is 0 Å². The third-order valence-electron chi connectivity index (χ3n) is 5.90. The van der Waals surface area contributed by atoms with Crippen molar-refractivity contribution >= 4 is 29.1 Å². The molecule has 4 rings (SSSR count). The minimum absolute atomic E-state index is 0.187. The lowest BCUT2D eigenvalue weighted by atomic mass is 9.76. The molecule has 2 aromatic rings. The van der Waals surface area contributed by atoms with Crippen molar-refractivity contribution in [3.63, 3.8) is 0 Å². The summed E-state index contributed by atoms with van der Waals surface area (Å²) in [6.07, 6.45) is 2.40. The van der Waals surface area contributed by atoms with E-state index in [0.717, 1.165) is 19.3 Å². The molecule has 0 bridgehead atoms. The van der Waals surface area contributed by atoms with Crippen LogP contribution >= 0.6 is 0 Å². The van der Waals surface area contributed by atoms with Gasteiger partial charge in [-0.1, -0.05) is 25.1 Å². The average Bonchev–Trinajstić information content (AvgIpc) is 2.97. The highest BCUT2D eigenvalue weighted by atomic mass is 16.5. The molecule has 2 aliphatic rings. The lowest BCUT2D eigenvalue weighted by molar-refractivity contribution is -0.122. The molecule has 1 N–H and O–H groups in total. The number of benzene rings is 2. The van der Waals surface area contributed by atoms with Crippen molar-refractivity contribution in [1.82, 2.24) is 0 Å². The molecular formula is C23H24N2O4. The first-order valence-corrected chi connectivity index (χ1v) is 9.92. The van der Waals surface area contributed by atoms with Crippen LogP contribution in [0.5, 0.6) is 5.75 Å². The summed E-state index contributed by atoms with van der Waals surface area (Å²) < 4.78 is 5.19. The predicted molar refractivity (Wildman–Crippen MR) is 110 cm³/mol. The molecule has 1 aliphatic heterocycles. The lowest BCUT2D eigenvalue weighted by Gasteiger charge is -2.25. The highest BCUT2D eigenvalue weighted by Gasteiger charge is 2.50. The summed E-state index contributed by atoms with van der Waals surface area (Å²) in [7, 11) is 1.56. The number of methoxy groups -OCH3 is 1. The fourth-order valence-corrected chi connectivity index (χ4v) is 4.39. The number of carbonyl (C=O) groups is 3. The highest BCUT2D eigenvalue weighted by molar-refractivity contribution is 6.24. The number of hydrogen-bond acceptors (Lipinski definition) is 4. The molecule has 1 saturated heterocycles. The van der Waals surface area contributed by atoms with Crippen LogP contribution in [0, 0.1) is 17.8 Å². The fraction of sp³-hybridized carbons (Fsp3) is 0.348. The summed E-state index contributed by atoms with van der Waals surface area (Å²) in [5.41, 5.74) is 1.22. The fourth-order valence-electron chi connectivity index (χ4n) is 4.39. The Kier molecular flexibility index (Phi) is 5.09. The van der Waals surface area contributed by atoms with E-state index in [0.29, 0.717) is 28.6 Å². The number of amides is 3. The molecule has 2 fully saturated rings. The van der Waals surface area contributed by atoms with E-state index in [1.54, 1.807) is 55.6 Å². The molecule has 3 amide bonds. The molecule has 1 heterocycles. The maximum atomic E-state index is 13.1. The molecule has 0 radical (unpaired) electrons. The van der Waals surface area contributed by atoms with E-state index >= 15 is 0 Å². The normalized spacial score (nSPS) is 23.7. The summed E-state index contributed by atoms with van der Waals surface area (Å²) in [6.45, 7) is 2.12. The van der Waals surface area contributed by atoms with Crippen LogP contribution in [-0.2, 0) is 9.59 Å². The average molecular weight is 392 g/mol. The van der Waals surface area contributed by atoms with Crippen molar-refractivity contribution in [1.29, 1.82) is 0 Å². The Balaban J connectivity index is 1.64. The van der Waals surface area contributed by atoms with Crippen molar-refractivity contribution < 1.29 is 19.1 Å². The monoisotopic (exact) mass is 392 g/mol. The Morgan fingerprint density at radius 3 is 2.59 bits per heavy atom. The summed E-state index contributed by atoms with van der Waals surface area (Å²) in [5, 5.41) is 2.83. The summed E-state index contributed by atoms with van der Waals surface area (Å²) >= 11 is 0. The lowest BCUT2D eigenvalue weighted by Crippen LogP contribution is -2.33. The molecule has 0 aromatic heterocycles. The van der Waals surface area contributed by atoms with Gasteiger partial charge in [-0.05, 0) is 49.4 Å². The molecule has 1 saturated carbocycles. The number of fused-ring (bicyclic) bond motifs is 1. The van der Waals surface area contributed by atoms with Crippen LogP contribution < -0.4 is 15.0 Å². The van der Waals surface area contributed by atoms with Crippen LogP contribution in [0.15, 0.2) is 48.5 Å². The van der Waals surface area contributed by atoms with Gasteiger partial charge in [0.2, 0.25) is 11.8 Å². The van der Waals surface area contributed by atoms with Gasteiger partial charge in [-0.25, -0.2) is 4.90 Å². The second kappa shape index (κ2) is 7.70. The van der Waals surface area contributed by atoms with E-state index in [-0.39, 0.29) is 29.6 Å². The molecular weight excluding hydrogens is 368 g/mol. The summed E-state index contributed by atoms with van der Waals surface area (Å²) in [4.78, 5) is 40.3. The molecule has 6 nitrogen and oxygen atoms in total. The number of ether oxygens (including phenoxy) is 1. The Morgan fingerprint density at radius 2 is 1.79 bits per heavy atom. The van der Waals surface area contributed by atoms with Gasteiger partial charge in [0.05, 0.1) is 30.2 Å².